The van der Waals surface area contributed by atoms with Crippen molar-refractivity contribution in [2.75, 3.05) is 42.3 Å². The fraction of sp³-hybridized carbons (Fsp3) is 0.222. The van der Waals surface area contributed by atoms with Crippen LogP contribution in [0.25, 0.3) is 0 Å². The molecule has 10 nitrogen and oxygen atoms in total. The van der Waals surface area contributed by atoms with Crippen LogP contribution in [0.2, 0.25) is 0 Å². The summed E-state index contributed by atoms with van der Waals surface area (Å²) in [5.74, 6) is 1.74. The van der Waals surface area contributed by atoms with Crippen molar-refractivity contribution in [1.82, 2.24) is 20.2 Å². The smallest absolute Gasteiger partial charge is 0.317 e. The number of hydrogen-bond donors (Lipinski definition) is 2. The lowest BCUT2D eigenvalue weighted by molar-refractivity contribution is 0.194. The monoisotopic (exact) mass is 564 g/mol. The number of aromatic nitrogens is 2. The number of nitrogens with one attached hydrogen (secondary N) is 2. The van der Waals surface area contributed by atoms with Crippen molar-refractivity contribution >= 4 is 39.0 Å². The molecule has 2 aromatic heterocycles. The van der Waals surface area contributed by atoms with Gasteiger partial charge in [-0.3, -0.25) is 4.72 Å². The molecule has 0 spiro atoms. The van der Waals surface area contributed by atoms with Crippen LogP contribution in [0.5, 0.6) is 11.5 Å². The molecule has 1 aliphatic rings. The molecule has 1 aliphatic heterocycles. The first kappa shape index (κ1) is 26.4. The number of carbonyl (C=O) groups is 1. The number of thiophene rings is 1. The van der Waals surface area contributed by atoms with E-state index in [4.69, 9.17) is 4.74 Å². The van der Waals surface area contributed by atoms with Crippen molar-refractivity contribution in [3.8, 4) is 11.5 Å². The number of hydrogen-bond acceptors (Lipinski definition) is 8. The lowest BCUT2D eigenvalue weighted by Gasteiger charge is -2.35. The number of piperazine rings is 1. The van der Waals surface area contributed by atoms with Crippen LogP contribution in [-0.4, -0.2) is 62.0 Å². The van der Waals surface area contributed by atoms with Crippen molar-refractivity contribution < 1.29 is 17.9 Å². The van der Waals surface area contributed by atoms with E-state index < -0.39 is 10.0 Å². The lowest BCUT2D eigenvalue weighted by Crippen LogP contribution is -2.52. The highest BCUT2D eigenvalue weighted by Crippen LogP contribution is 2.26. The highest BCUT2D eigenvalue weighted by atomic mass is 32.2. The van der Waals surface area contributed by atoms with Crippen molar-refractivity contribution in [2.24, 2.45) is 0 Å². The maximum Gasteiger partial charge on any atom is 0.317 e. The van der Waals surface area contributed by atoms with E-state index in [0.717, 1.165) is 6.42 Å². The first-order valence-corrected chi connectivity index (χ1v) is 14.8. The summed E-state index contributed by atoms with van der Waals surface area (Å²) in [4.78, 5) is 26.2. The fourth-order valence-corrected chi connectivity index (χ4v) is 5.83. The summed E-state index contributed by atoms with van der Waals surface area (Å²) >= 11 is 1.67. The Hall–Kier alpha value is -4.16. The lowest BCUT2D eigenvalue weighted by atomic mass is 10.3. The average molecular weight is 565 g/mol. The van der Waals surface area contributed by atoms with Crippen LogP contribution in [-0.2, 0) is 16.4 Å². The Morgan fingerprint density at radius 2 is 1.62 bits per heavy atom. The summed E-state index contributed by atoms with van der Waals surface area (Å²) in [6, 6.07) is 19.4. The molecule has 39 heavy (non-hydrogen) atoms. The van der Waals surface area contributed by atoms with Crippen LogP contribution in [0, 0.1) is 0 Å². The molecular weight excluding hydrogens is 536 g/mol. The third-order valence-electron chi connectivity index (χ3n) is 6.12. The minimum atomic E-state index is -3.93. The molecule has 2 N–H and O–H groups in total. The van der Waals surface area contributed by atoms with Gasteiger partial charge in [-0.05, 0) is 54.3 Å². The summed E-state index contributed by atoms with van der Waals surface area (Å²) in [5, 5.41) is 4.99. The Balaban J connectivity index is 1.18. The number of benzene rings is 2. The standard InChI is InChI=1S/C27H28N6O4S2/c34-27(30-13-12-23-7-4-20-38-23)33-18-16-32(17-19-33)26-25(28-14-15-29-26)31-39(35,36)24-10-8-22(9-11-24)37-21-5-2-1-3-6-21/h1-11,14-15,20H,12-13,16-19H2,(H,28,31)(H,30,34). The molecule has 5 rings (SSSR count). The second kappa shape index (κ2) is 12.1. The van der Waals surface area contributed by atoms with Gasteiger partial charge in [-0.1, -0.05) is 24.3 Å². The third-order valence-corrected chi connectivity index (χ3v) is 8.41. The SMILES string of the molecule is O=C(NCCc1cccs1)N1CCN(c2nccnc2NS(=O)(=O)c2ccc(Oc3ccccc3)cc2)CC1. The summed E-state index contributed by atoms with van der Waals surface area (Å²) in [6.07, 6.45) is 3.76. The normalized spacial score (nSPS) is 13.6. The zero-order valence-corrected chi connectivity index (χ0v) is 22.7. The number of anilines is 2. The molecule has 2 aromatic carbocycles. The van der Waals surface area contributed by atoms with Crippen LogP contribution in [0.15, 0.2) is 89.4 Å². The van der Waals surface area contributed by atoms with Gasteiger partial charge in [-0.15, -0.1) is 11.3 Å². The second-order valence-corrected chi connectivity index (χ2v) is 11.5. The predicted molar refractivity (Wildman–Crippen MR) is 151 cm³/mol. The molecule has 1 saturated heterocycles. The predicted octanol–water partition coefficient (Wildman–Crippen LogP) is 4.21. The number of nitrogens with zero attached hydrogens (tertiary/aromatic N) is 4. The molecule has 0 atom stereocenters. The fourth-order valence-electron chi connectivity index (χ4n) is 4.11. The minimum absolute atomic E-state index is 0.0727. The van der Waals surface area contributed by atoms with Crippen LogP contribution in [0.4, 0.5) is 16.4 Å². The number of ether oxygens (including phenoxy) is 1. The summed E-state index contributed by atoms with van der Waals surface area (Å²) in [7, 11) is -3.93. The average Bonchev–Trinajstić information content (AvgIpc) is 3.48. The summed E-state index contributed by atoms with van der Waals surface area (Å²) < 4.78 is 34.6. The number of para-hydroxylation sites is 1. The molecule has 202 valence electrons. The van der Waals surface area contributed by atoms with Crippen LogP contribution in [0.1, 0.15) is 4.88 Å². The van der Waals surface area contributed by atoms with Gasteiger partial charge in [-0.25, -0.2) is 23.2 Å². The Bertz CT molecular complexity index is 1470. The van der Waals surface area contributed by atoms with Crippen molar-refractivity contribution in [1.29, 1.82) is 0 Å². The Morgan fingerprint density at radius 3 is 2.33 bits per heavy atom. The maximum atomic E-state index is 13.1. The number of amides is 2. The van der Waals surface area contributed by atoms with Crippen LogP contribution >= 0.6 is 11.3 Å². The van der Waals surface area contributed by atoms with Gasteiger partial charge in [-0.2, -0.15) is 0 Å². The number of rotatable bonds is 9. The number of urea groups is 1. The maximum absolute atomic E-state index is 13.1. The zero-order valence-electron chi connectivity index (χ0n) is 21.1. The first-order chi connectivity index (χ1) is 19.0. The summed E-state index contributed by atoms with van der Waals surface area (Å²) in [6.45, 7) is 2.54. The van der Waals surface area contributed by atoms with Gasteiger partial charge in [0.15, 0.2) is 11.6 Å². The Labute approximate surface area is 231 Å². The second-order valence-electron chi connectivity index (χ2n) is 8.76. The van der Waals surface area contributed by atoms with Gasteiger partial charge < -0.3 is 19.9 Å². The molecule has 3 heterocycles. The highest BCUT2D eigenvalue weighted by Gasteiger charge is 2.25. The van der Waals surface area contributed by atoms with E-state index in [1.54, 1.807) is 28.4 Å². The van der Waals surface area contributed by atoms with E-state index in [1.807, 2.05) is 46.7 Å². The quantitative estimate of drug-likeness (QED) is 0.313. The van der Waals surface area contributed by atoms with Crippen molar-refractivity contribution in [2.45, 2.75) is 11.3 Å². The molecule has 0 bridgehead atoms. The molecule has 0 saturated carbocycles. The molecule has 0 radical (unpaired) electrons. The van der Waals surface area contributed by atoms with Gasteiger partial charge in [0.1, 0.15) is 11.5 Å². The molecule has 0 unspecified atom stereocenters. The first-order valence-electron chi connectivity index (χ1n) is 12.4. The third kappa shape index (κ3) is 6.84. The van der Waals surface area contributed by atoms with Gasteiger partial charge in [0.25, 0.3) is 10.0 Å². The van der Waals surface area contributed by atoms with E-state index in [9.17, 15) is 13.2 Å². The topological polar surface area (TPSA) is 117 Å². The molecule has 4 aromatic rings. The molecule has 0 aliphatic carbocycles. The zero-order chi connectivity index (χ0) is 27.1. The van der Waals surface area contributed by atoms with E-state index in [-0.39, 0.29) is 16.7 Å². The molecule has 12 heteroatoms. The van der Waals surface area contributed by atoms with E-state index in [1.165, 1.54) is 29.4 Å². The van der Waals surface area contributed by atoms with E-state index in [0.29, 0.717) is 50.0 Å². The highest BCUT2D eigenvalue weighted by molar-refractivity contribution is 7.92. The number of carbonyl (C=O) groups excluding carboxylic acids is 1. The van der Waals surface area contributed by atoms with Gasteiger partial charge in [0.05, 0.1) is 4.90 Å². The Kier molecular flexibility index (Phi) is 8.23. The van der Waals surface area contributed by atoms with E-state index in [2.05, 4.69) is 26.1 Å². The van der Waals surface area contributed by atoms with Gasteiger partial charge >= 0.3 is 6.03 Å². The molecular formula is C27H28N6O4S2. The van der Waals surface area contributed by atoms with Gasteiger partial charge in [0, 0.05) is 50.0 Å². The van der Waals surface area contributed by atoms with E-state index >= 15 is 0 Å². The molecule has 2 amide bonds. The minimum Gasteiger partial charge on any atom is -0.457 e. The summed E-state index contributed by atoms with van der Waals surface area (Å²) in [5.41, 5.74) is 0. The van der Waals surface area contributed by atoms with Crippen LogP contribution < -0.4 is 19.7 Å². The molecule has 1 fully saturated rings. The number of sulfonamides is 1. The van der Waals surface area contributed by atoms with Gasteiger partial charge in [0.2, 0.25) is 0 Å². The van der Waals surface area contributed by atoms with Crippen molar-refractivity contribution in [3.05, 3.63) is 89.4 Å². The van der Waals surface area contributed by atoms with Crippen molar-refractivity contribution in [3.63, 3.8) is 0 Å². The Morgan fingerprint density at radius 1 is 0.897 bits per heavy atom. The van der Waals surface area contributed by atoms with Crippen LogP contribution in [0.3, 0.4) is 0 Å². The largest absolute Gasteiger partial charge is 0.457 e.